The van der Waals surface area contributed by atoms with Crippen LogP contribution in [0.1, 0.15) is 31.4 Å². The second-order valence-corrected chi connectivity index (χ2v) is 9.98. The number of ether oxygens (including phenoxy) is 1. The molecule has 1 unspecified atom stereocenters. The number of methoxy groups -OCH3 is 1. The van der Waals surface area contributed by atoms with Crippen molar-refractivity contribution in [2.24, 2.45) is 0 Å². The van der Waals surface area contributed by atoms with Crippen molar-refractivity contribution in [1.29, 1.82) is 0 Å². The van der Waals surface area contributed by atoms with Gasteiger partial charge in [-0.1, -0.05) is 54.9 Å². The van der Waals surface area contributed by atoms with Crippen LogP contribution in [0.5, 0.6) is 11.5 Å². The molecule has 0 aromatic heterocycles. The van der Waals surface area contributed by atoms with Crippen LogP contribution in [0.3, 0.4) is 0 Å². The summed E-state index contributed by atoms with van der Waals surface area (Å²) in [6, 6.07) is 18.3. The quantitative estimate of drug-likeness (QED) is 0.339. The van der Waals surface area contributed by atoms with E-state index >= 15 is 0 Å². The highest BCUT2D eigenvalue weighted by Crippen LogP contribution is 2.29. The lowest BCUT2D eigenvalue weighted by atomic mass is 10.1. The first-order chi connectivity index (χ1) is 16.7. The first-order valence-corrected chi connectivity index (χ1v) is 12.9. The fourth-order valence-electron chi connectivity index (χ4n) is 3.58. The minimum absolute atomic E-state index is 0.0653. The largest absolute Gasteiger partial charge is 0.495 e. The summed E-state index contributed by atoms with van der Waals surface area (Å²) in [5, 5.41) is 3.00. The van der Waals surface area contributed by atoms with E-state index in [1.165, 1.54) is 6.07 Å². The van der Waals surface area contributed by atoms with Gasteiger partial charge in [0.2, 0.25) is 0 Å². The zero-order valence-corrected chi connectivity index (χ0v) is 21.7. The summed E-state index contributed by atoms with van der Waals surface area (Å²) in [6.07, 6.45) is 0.732. The average Bonchev–Trinajstić information content (AvgIpc) is 2.82. The Bertz CT molecular complexity index is 1280. The van der Waals surface area contributed by atoms with Crippen LogP contribution in [0.2, 0.25) is 5.02 Å². The van der Waals surface area contributed by atoms with E-state index in [0.29, 0.717) is 22.6 Å². The number of rotatable bonds is 9. The van der Waals surface area contributed by atoms with Gasteiger partial charge in [0.1, 0.15) is 16.4 Å². The Morgan fingerprint density at radius 3 is 2.49 bits per heavy atom. The standard InChI is InChI=1S/C26H29ClN2O5S/c1-5-19(3)29(26(30)28-23-14-6-7-15-24(23)33-4)17-20-11-9-12-21(16-20)34-35(31,32)25-18(2)10-8-13-22(25)27/h6-16,19H,5,17H2,1-4H3,(H,28,30). The van der Waals surface area contributed by atoms with Crippen LogP contribution >= 0.6 is 11.6 Å². The minimum Gasteiger partial charge on any atom is -0.495 e. The van der Waals surface area contributed by atoms with Crippen LogP contribution in [-0.4, -0.2) is 32.5 Å². The van der Waals surface area contributed by atoms with Crippen molar-refractivity contribution in [3.63, 3.8) is 0 Å². The molecule has 3 aromatic rings. The molecule has 0 aliphatic carbocycles. The van der Waals surface area contributed by atoms with E-state index in [1.54, 1.807) is 61.4 Å². The van der Waals surface area contributed by atoms with E-state index in [1.807, 2.05) is 32.0 Å². The van der Waals surface area contributed by atoms with E-state index < -0.39 is 10.1 Å². The number of carbonyl (C=O) groups is 1. The van der Waals surface area contributed by atoms with Crippen molar-refractivity contribution in [3.8, 4) is 11.5 Å². The molecule has 186 valence electrons. The Morgan fingerprint density at radius 1 is 1.09 bits per heavy atom. The Labute approximate surface area is 211 Å². The highest BCUT2D eigenvalue weighted by Gasteiger charge is 2.24. The number of amides is 2. The van der Waals surface area contributed by atoms with E-state index in [-0.39, 0.29) is 34.3 Å². The second kappa shape index (κ2) is 11.5. The number of nitrogens with zero attached hydrogens (tertiary/aromatic N) is 1. The van der Waals surface area contributed by atoms with E-state index in [9.17, 15) is 13.2 Å². The molecule has 0 aliphatic rings. The van der Waals surface area contributed by atoms with Gasteiger partial charge in [0.25, 0.3) is 0 Å². The number of urea groups is 1. The first kappa shape index (κ1) is 26.4. The van der Waals surface area contributed by atoms with Gasteiger partial charge in [-0.25, -0.2) is 4.79 Å². The predicted octanol–water partition coefficient (Wildman–Crippen LogP) is 6.26. The number of halogens is 1. The highest BCUT2D eigenvalue weighted by molar-refractivity contribution is 7.87. The molecule has 0 spiro atoms. The van der Waals surface area contributed by atoms with E-state index in [2.05, 4.69) is 5.32 Å². The number of benzene rings is 3. The van der Waals surface area contributed by atoms with Gasteiger partial charge in [0, 0.05) is 12.6 Å². The van der Waals surface area contributed by atoms with Crippen molar-refractivity contribution in [2.75, 3.05) is 12.4 Å². The maximum Gasteiger partial charge on any atom is 0.340 e. The molecule has 0 saturated carbocycles. The molecule has 3 aromatic carbocycles. The van der Waals surface area contributed by atoms with E-state index in [0.717, 1.165) is 6.42 Å². The van der Waals surface area contributed by atoms with Crippen LogP contribution in [-0.2, 0) is 16.7 Å². The van der Waals surface area contributed by atoms with Crippen LogP contribution in [0, 0.1) is 6.92 Å². The number of para-hydroxylation sites is 2. The Balaban J connectivity index is 1.83. The number of carbonyl (C=O) groups excluding carboxylic acids is 1. The van der Waals surface area contributed by atoms with Gasteiger partial charge >= 0.3 is 16.1 Å². The average molecular weight is 517 g/mol. The Hall–Kier alpha value is -3.23. The van der Waals surface area contributed by atoms with Crippen molar-refractivity contribution < 1.29 is 22.1 Å². The van der Waals surface area contributed by atoms with Crippen LogP contribution in [0.15, 0.2) is 71.6 Å². The van der Waals surface area contributed by atoms with Gasteiger partial charge in [-0.3, -0.25) is 0 Å². The molecular weight excluding hydrogens is 488 g/mol. The molecule has 7 nitrogen and oxygen atoms in total. The predicted molar refractivity (Wildman–Crippen MR) is 138 cm³/mol. The fourth-order valence-corrected chi connectivity index (χ4v) is 5.29. The lowest BCUT2D eigenvalue weighted by molar-refractivity contribution is 0.187. The third-order valence-corrected chi connectivity index (χ3v) is 7.48. The second-order valence-electron chi connectivity index (χ2n) is 8.09. The summed E-state index contributed by atoms with van der Waals surface area (Å²) in [4.78, 5) is 14.8. The molecule has 0 bridgehead atoms. The van der Waals surface area contributed by atoms with Crippen molar-refractivity contribution in [2.45, 2.75) is 44.7 Å². The normalized spacial score (nSPS) is 12.0. The van der Waals surface area contributed by atoms with Crippen LogP contribution in [0.25, 0.3) is 0 Å². The fraction of sp³-hybridized carbons (Fsp3) is 0.269. The van der Waals surface area contributed by atoms with Crippen LogP contribution in [0.4, 0.5) is 10.5 Å². The molecule has 3 rings (SSSR count). The summed E-state index contributed by atoms with van der Waals surface area (Å²) in [5.41, 5.74) is 1.76. The summed E-state index contributed by atoms with van der Waals surface area (Å²) >= 11 is 6.13. The van der Waals surface area contributed by atoms with Crippen molar-refractivity contribution in [3.05, 3.63) is 82.9 Å². The van der Waals surface area contributed by atoms with Gasteiger partial charge in [0.05, 0.1) is 17.8 Å². The number of hydrogen-bond acceptors (Lipinski definition) is 5. The van der Waals surface area contributed by atoms with Crippen molar-refractivity contribution in [1.82, 2.24) is 4.90 Å². The summed E-state index contributed by atoms with van der Waals surface area (Å²) in [7, 11) is -2.60. The molecular formula is C26H29ClN2O5S. The monoisotopic (exact) mass is 516 g/mol. The molecule has 0 saturated heterocycles. The Morgan fingerprint density at radius 2 is 1.80 bits per heavy atom. The molecule has 1 atom stereocenters. The minimum atomic E-state index is -4.14. The molecule has 0 fully saturated rings. The number of nitrogens with one attached hydrogen (secondary N) is 1. The topological polar surface area (TPSA) is 84.9 Å². The van der Waals surface area contributed by atoms with Gasteiger partial charge in [-0.05, 0) is 61.7 Å². The smallest absolute Gasteiger partial charge is 0.340 e. The SMILES string of the molecule is CCC(C)N(Cc1cccc(OS(=O)(=O)c2c(C)cccc2Cl)c1)C(=O)Nc1ccccc1OC. The third-order valence-electron chi connectivity index (χ3n) is 5.60. The Kier molecular flexibility index (Phi) is 8.64. The maximum absolute atomic E-state index is 13.2. The lowest BCUT2D eigenvalue weighted by Gasteiger charge is -2.29. The number of anilines is 1. The van der Waals surface area contributed by atoms with Gasteiger partial charge in [-0.15, -0.1) is 0 Å². The van der Waals surface area contributed by atoms with E-state index in [4.69, 9.17) is 20.5 Å². The van der Waals surface area contributed by atoms with Gasteiger partial charge < -0.3 is 19.1 Å². The van der Waals surface area contributed by atoms with Gasteiger partial charge in [0.15, 0.2) is 0 Å². The highest BCUT2D eigenvalue weighted by atomic mass is 35.5. The lowest BCUT2D eigenvalue weighted by Crippen LogP contribution is -2.40. The third kappa shape index (κ3) is 6.46. The number of aryl methyl sites for hydroxylation is 1. The summed E-state index contributed by atoms with van der Waals surface area (Å²) in [5.74, 6) is 0.691. The first-order valence-electron chi connectivity index (χ1n) is 11.2. The molecule has 0 heterocycles. The summed E-state index contributed by atoms with van der Waals surface area (Å²) < 4.78 is 36.5. The van der Waals surface area contributed by atoms with Gasteiger partial charge in [-0.2, -0.15) is 8.42 Å². The zero-order valence-electron chi connectivity index (χ0n) is 20.1. The zero-order chi connectivity index (χ0) is 25.6. The molecule has 0 radical (unpaired) electrons. The van der Waals surface area contributed by atoms with Crippen molar-refractivity contribution >= 4 is 33.4 Å². The van der Waals surface area contributed by atoms with Crippen LogP contribution < -0.4 is 14.2 Å². The molecule has 2 amide bonds. The summed E-state index contributed by atoms with van der Waals surface area (Å²) in [6.45, 7) is 5.85. The maximum atomic E-state index is 13.2. The number of hydrogen-bond donors (Lipinski definition) is 1. The molecule has 0 aliphatic heterocycles. The molecule has 1 N–H and O–H groups in total. The molecule has 35 heavy (non-hydrogen) atoms. The molecule has 9 heteroatoms.